The minimum atomic E-state index is -0.293. The highest BCUT2D eigenvalue weighted by Crippen LogP contribution is 2.22. The minimum absolute atomic E-state index is 0.293. The van der Waals surface area contributed by atoms with Crippen LogP contribution in [0.25, 0.3) is 11.5 Å². The van der Waals surface area contributed by atoms with E-state index in [0.29, 0.717) is 24.4 Å². The molecule has 0 bridgehead atoms. The van der Waals surface area contributed by atoms with E-state index in [0.717, 1.165) is 43.9 Å². The molecule has 2 atom stereocenters. The van der Waals surface area contributed by atoms with Gasteiger partial charge in [-0.3, -0.25) is 9.80 Å². The van der Waals surface area contributed by atoms with Crippen LogP contribution in [0.15, 0.2) is 28.7 Å². The molecule has 0 amide bonds. The van der Waals surface area contributed by atoms with Crippen LogP contribution in [0, 0.1) is 0 Å². The van der Waals surface area contributed by atoms with Crippen molar-refractivity contribution < 1.29 is 14.3 Å². The van der Waals surface area contributed by atoms with Crippen LogP contribution in [0.1, 0.15) is 26.2 Å². The van der Waals surface area contributed by atoms with Gasteiger partial charge in [0, 0.05) is 37.8 Å². The Morgan fingerprint density at radius 1 is 1.27 bits per heavy atom. The van der Waals surface area contributed by atoms with Crippen molar-refractivity contribution in [2.75, 3.05) is 33.3 Å². The number of aliphatic hydroxyl groups is 1. The molecule has 0 aliphatic carbocycles. The number of aromatic nitrogens is 2. The summed E-state index contributed by atoms with van der Waals surface area (Å²) in [4.78, 5) is 4.72. The van der Waals surface area contributed by atoms with Gasteiger partial charge in [-0.1, -0.05) is 6.92 Å². The predicted octanol–water partition coefficient (Wildman–Crippen LogP) is 2.02. The number of methoxy groups -OCH3 is 1. The van der Waals surface area contributed by atoms with Crippen LogP contribution in [0.2, 0.25) is 0 Å². The Kier molecular flexibility index (Phi) is 6.24. The van der Waals surface area contributed by atoms with Crippen LogP contribution in [-0.4, -0.2) is 70.5 Å². The van der Waals surface area contributed by atoms with Gasteiger partial charge < -0.3 is 14.3 Å². The fraction of sp³-hybridized carbons (Fsp3) is 0.579. The van der Waals surface area contributed by atoms with E-state index in [1.807, 2.05) is 31.2 Å². The Labute approximate surface area is 154 Å². The summed E-state index contributed by atoms with van der Waals surface area (Å²) in [6.07, 6.45) is 0.767. The van der Waals surface area contributed by atoms with Gasteiger partial charge >= 0.3 is 0 Å². The molecule has 7 nitrogen and oxygen atoms in total. The molecule has 2 aromatic rings. The minimum Gasteiger partial charge on any atom is -0.497 e. The van der Waals surface area contributed by atoms with Crippen LogP contribution in [0.3, 0.4) is 0 Å². The van der Waals surface area contributed by atoms with Crippen LogP contribution >= 0.6 is 0 Å². The Morgan fingerprint density at radius 3 is 2.69 bits per heavy atom. The normalized spacial score (nSPS) is 20.2. The van der Waals surface area contributed by atoms with Crippen molar-refractivity contribution in [3.63, 3.8) is 0 Å². The van der Waals surface area contributed by atoms with E-state index in [9.17, 15) is 5.11 Å². The maximum atomic E-state index is 9.67. The lowest BCUT2D eigenvalue weighted by Gasteiger charge is -2.41. The molecule has 1 saturated heterocycles. The number of aliphatic hydroxyl groups excluding tert-OH is 1. The predicted molar refractivity (Wildman–Crippen MR) is 98.9 cm³/mol. The van der Waals surface area contributed by atoms with E-state index in [-0.39, 0.29) is 6.10 Å². The number of β-amino-alcohol motifs (C(OH)–C–C–N with tert-alkyl or cyclic N) is 1. The van der Waals surface area contributed by atoms with Crippen molar-refractivity contribution in [3.8, 4) is 17.2 Å². The summed E-state index contributed by atoms with van der Waals surface area (Å²) in [5.41, 5.74) is 0.887. The van der Waals surface area contributed by atoms with Gasteiger partial charge in [-0.15, -0.1) is 10.2 Å². The average Bonchev–Trinajstić information content (AvgIpc) is 3.11. The summed E-state index contributed by atoms with van der Waals surface area (Å²) in [5.74, 6) is 1.96. The second-order valence-electron chi connectivity index (χ2n) is 6.87. The van der Waals surface area contributed by atoms with E-state index in [1.165, 1.54) is 0 Å². The van der Waals surface area contributed by atoms with Gasteiger partial charge in [0.2, 0.25) is 11.8 Å². The van der Waals surface area contributed by atoms with Crippen molar-refractivity contribution in [1.82, 2.24) is 20.0 Å². The summed E-state index contributed by atoms with van der Waals surface area (Å²) >= 11 is 0. The highest BCUT2D eigenvalue weighted by molar-refractivity contribution is 5.53. The van der Waals surface area contributed by atoms with Gasteiger partial charge in [0.15, 0.2) is 0 Å². The zero-order valence-corrected chi connectivity index (χ0v) is 15.8. The van der Waals surface area contributed by atoms with Crippen molar-refractivity contribution in [2.24, 2.45) is 0 Å². The van der Waals surface area contributed by atoms with E-state index in [2.05, 4.69) is 26.9 Å². The standard InChI is InChI=1S/C19H28N4O3/c1-4-16-12-22(9-10-23(16)11-14(2)24)13-18-20-21-19(26-18)15-5-7-17(25-3)8-6-15/h5-8,14,16,24H,4,9-13H2,1-3H3. The Balaban J connectivity index is 1.60. The molecular weight excluding hydrogens is 332 g/mol. The van der Waals surface area contributed by atoms with Crippen LogP contribution in [0.5, 0.6) is 5.75 Å². The number of hydrogen-bond donors (Lipinski definition) is 1. The number of rotatable bonds is 7. The van der Waals surface area contributed by atoms with Crippen LogP contribution in [-0.2, 0) is 6.54 Å². The Morgan fingerprint density at radius 2 is 2.04 bits per heavy atom. The topological polar surface area (TPSA) is 74.9 Å². The maximum Gasteiger partial charge on any atom is 0.247 e. The SMILES string of the molecule is CCC1CN(Cc2nnc(-c3ccc(OC)cc3)o2)CCN1CC(C)O. The van der Waals surface area contributed by atoms with Gasteiger partial charge in [-0.25, -0.2) is 0 Å². The van der Waals surface area contributed by atoms with Crippen molar-refractivity contribution in [3.05, 3.63) is 30.2 Å². The lowest BCUT2D eigenvalue weighted by atomic mass is 10.1. The molecule has 1 aromatic carbocycles. The van der Waals surface area contributed by atoms with E-state index >= 15 is 0 Å². The molecule has 0 saturated carbocycles. The summed E-state index contributed by atoms with van der Waals surface area (Å²) < 4.78 is 11.0. The number of benzene rings is 1. The fourth-order valence-electron chi connectivity index (χ4n) is 3.43. The summed E-state index contributed by atoms with van der Waals surface area (Å²) in [6, 6.07) is 8.04. The molecule has 0 spiro atoms. The van der Waals surface area contributed by atoms with Gasteiger partial charge in [0.1, 0.15) is 5.75 Å². The summed E-state index contributed by atoms with van der Waals surface area (Å²) in [5, 5.41) is 18.0. The van der Waals surface area contributed by atoms with Crippen molar-refractivity contribution in [2.45, 2.75) is 39.0 Å². The molecule has 1 aromatic heterocycles. The molecule has 0 radical (unpaired) electrons. The number of ether oxygens (including phenoxy) is 1. The number of piperazine rings is 1. The van der Waals surface area contributed by atoms with Gasteiger partial charge in [-0.05, 0) is 37.6 Å². The lowest BCUT2D eigenvalue weighted by Crippen LogP contribution is -2.54. The first-order valence-electron chi connectivity index (χ1n) is 9.20. The summed E-state index contributed by atoms with van der Waals surface area (Å²) in [6.45, 7) is 8.25. The fourth-order valence-corrected chi connectivity index (χ4v) is 3.43. The molecule has 2 heterocycles. The second kappa shape index (κ2) is 8.62. The molecule has 1 N–H and O–H groups in total. The lowest BCUT2D eigenvalue weighted by molar-refractivity contribution is 0.0309. The zero-order chi connectivity index (χ0) is 18.5. The van der Waals surface area contributed by atoms with E-state index in [1.54, 1.807) is 7.11 Å². The Hall–Kier alpha value is -1.96. The zero-order valence-electron chi connectivity index (χ0n) is 15.8. The highest BCUT2D eigenvalue weighted by Gasteiger charge is 2.27. The maximum absolute atomic E-state index is 9.67. The second-order valence-corrected chi connectivity index (χ2v) is 6.87. The molecule has 3 rings (SSSR count). The van der Waals surface area contributed by atoms with Crippen molar-refractivity contribution >= 4 is 0 Å². The monoisotopic (exact) mass is 360 g/mol. The third-order valence-electron chi connectivity index (χ3n) is 4.82. The quantitative estimate of drug-likeness (QED) is 0.809. The summed E-state index contributed by atoms with van der Waals surface area (Å²) in [7, 11) is 1.64. The molecule has 1 aliphatic heterocycles. The van der Waals surface area contributed by atoms with Crippen molar-refractivity contribution in [1.29, 1.82) is 0 Å². The van der Waals surface area contributed by atoms with Gasteiger partial charge in [0.25, 0.3) is 0 Å². The number of hydrogen-bond acceptors (Lipinski definition) is 7. The number of nitrogens with zero attached hydrogens (tertiary/aromatic N) is 4. The Bertz CT molecular complexity index is 686. The molecule has 2 unspecified atom stereocenters. The molecule has 26 heavy (non-hydrogen) atoms. The van der Waals surface area contributed by atoms with Crippen LogP contribution < -0.4 is 4.74 Å². The third-order valence-corrected chi connectivity index (χ3v) is 4.82. The smallest absolute Gasteiger partial charge is 0.247 e. The molecule has 1 fully saturated rings. The van der Waals surface area contributed by atoms with Gasteiger partial charge in [-0.2, -0.15) is 0 Å². The van der Waals surface area contributed by atoms with Crippen LogP contribution in [0.4, 0.5) is 0 Å². The molecule has 142 valence electrons. The average molecular weight is 360 g/mol. The van der Waals surface area contributed by atoms with Gasteiger partial charge in [0.05, 0.1) is 19.8 Å². The molecular formula is C19H28N4O3. The van der Waals surface area contributed by atoms with E-state index in [4.69, 9.17) is 9.15 Å². The molecule has 1 aliphatic rings. The highest BCUT2D eigenvalue weighted by atomic mass is 16.5. The first-order valence-corrected chi connectivity index (χ1v) is 9.20. The van der Waals surface area contributed by atoms with E-state index < -0.39 is 0 Å². The third kappa shape index (κ3) is 4.60. The molecule has 7 heteroatoms. The first kappa shape index (κ1) is 18.8. The largest absolute Gasteiger partial charge is 0.497 e. The first-order chi connectivity index (χ1) is 12.6.